The van der Waals surface area contributed by atoms with Gasteiger partial charge in [0.15, 0.2) is 0 Å². The van der Waals surface area contributed by atoms with Gasteiger partial charge in [0.1, 0.15) is 0 Å². The van der Waals surface area contributed by atoms with Crippen LogP contribution in [0.25, 0.3) is 0 Å². The van der Waals surface area contributed by atoms with Crippen molar-refractivity contribution in [2.24, 2.45) is 0 Å². The molecule has 0 aliphatic carbocycles. The molecule has 2 N–H and O–H groups in total. The lowest BCUT2D eigenvalue weighted by molar-refractivity contribution is 0.170. The third kappa shape index (κ3) is 4.77. The van der Waals surface area contributed by atoms with Crippen molar-refractivity contribution in [2.45, 2.75) is 45.3 Å². The van der Waals surface area contributed by atoms with Crippen molar-refractivity contribution in [3.05, 3.63) is 35.9 Å². The van der Waals surface area contributed by atoms with Crippen LogP contribution in [0.3, 0.4) is 0 Å². The topological polar surface area (TPSA) is 32.3 Å². The Bertz CT molecular complexity index is 273. The van der Waals surface area contributed by atoms with Crippen molar-refractivity contribution in [2.75, 3.05) is 6.54 Å². The van der Waals surface area contributed by atoms with Gasteiger partial charge in [-0.3, -0.25) is 0 Å². The maximum Gasteiger partial charge on any atom is 0.0914 e. The van der Waals surface area contributed by atoms with Crippen molar-refractivity contribution < 1.29 is 5.11 Å². The van der Waals surface area contributed by atoms with Crippen molar-refractivity contribution >= 4 is 0 Å². The highest BCUT2D eigenvalue weighted by atomic mass is 16.3. The highest BCUT2D eigenvalue weighted by molar-refractivity contribution is 5.17. The number of nitrogens with one attached hydrogen (secondary N) is 1. The first kappa shape index (κ1) is 13.2. The summed E-state index contributed by atoms with van der Waals surface area (Å²) < 4.78 is 0. The maximum atomic E-state index is 9.93. The van der Waals surface area contributed by atoms with Crippen LogP contribution in [0.2, 0.25) is 0 Å². The molecule has 0 saturated carbocycles. The largest absolute Gasteiger partial charge is 0.387 e. The molecular formula is C14H23NO. The fraction of sp³-hybridized carbons (Fsp3) is 0.571. The van der Waals surface area contributed by atoms with Crippen LogP contribution in [0.1, 0.15) is 44.8 Å². The number of aliphatic hydroxyl groups excluding tert-OH is 1. The van der Waals surface area contributed by atoms with E-state index in [0.29, 0.717) is 12.6 Å². The first-order chi connectivity index (χ1) is 7.74. The average Bonchev–Trinajstić information content (AvgIpc) is 2.34. The zero-order chi connectivity index (χ0) is 11.8. The Kier molecular flexibility index (Phi) is 6.12. The fourth-order valence-corrected chi connectivity index (χ4v) is 1.72. The summed E-state index contributed by atoms with van der Waals surface area (Å²) >= 11 is 0. The number of rotatable bonds is 7. The quantitative estimate of drug-likeness (QED) is 0.742. The van der Waals surface area contributed by atoms with Gasteiger partial charge in [-0.25, -0.2) is 0 Å². The first-order valence-electron chi connectivity index (χ1n) is 6.20. The minimum Gasteiger partial charge on any atom is -0.387 e. The van der Waals surface area contributed by atoms with E-state index in [-0.39, 0.29) is 0 Å². The lowest BCUT2D eigenvalue weighted by atomic mass is 10.1. The van der Waals surface area contributed by atoms with E-state index in [4.69, 9.17) is 0 Å². The molecule has 0 aromatic heterocycles. The summed E-state index contributed by atoms with van der Waals surface area (Å²) in [6, 6.07) is 10.3. The van der Waals surface area contributed by atoms with Crippen molar-refractivity contribution in [1.29, 1.82) is 0 Å². The van der Waals surface area contributed by atoms with E-state index < -0.39 is 6.10 Å². The van der Waals surface area contributed by atoms with Crippen LogP contribution in [0.15, 0.2) is 30.3 Å². The molecule has 2 heteroatoms. The first-order valence-corrected chi connectivity index (χ1v) is 6.20. The van der Waals surface area contributed by atoms with Crippen LogP contribution in [0.4, 0.5) is 0 Å². The molecule has 0 bridgehead atoms. The third-order valence-corrected chi connectivity index (χ3v) is 2.83. The summed E-state index contributed by atoms with van der Waals surface area (Å²) in [5.41, 5.74) is 0.984. The fourth-order valence-electron chi connectivity index (χ4n) is 1.72. The molecule has 0 aliphatic heterocycles. The highest BCUT2D eigenvalue weighted by Crippen LogP contribution is 2.11. The van der Waals surface area contributed by atoms with Crippen LogP contribution >= 0.6 is 0 Å². The van der Waals surface area contributed by atoms with Gasteiger partial charge in [-0.15, -0.1) is 0 Å². The lowest BCUT2D eigenvalue weighted by Crippen LogP contribution is -2.30. The molecule has 2 nitrogen and oxygen atoms in total. The molecule has 0 heterocycles. The second-order valence-corrected chi connectivity index (χ2v) is 4.38. The molecule has 0 fully saturated rings. The number of unbranched alkanes of at least 4 members (excludes halogenated alkanes) is 1. The van der Waals surface area contributed by atoms with Crippen LogP contribution in [-0.4, -0.2) is 17.7 Å². The van der Waals surface area contributed by atoms with Crippen molar-refractivity contribution in [1.82, 2.24) is 5.32 Å². The predicted molar refractivity (Wildman–Crippen MR) is 68.4 cm³/mol. The molecular weight excluding hydrogens is 198 g/mol. The number of hydrogen-bond donors (Lipinski definition) is 2. The summed E-state index contributed by atoms with van der Waals surface area (Å²) in [6.07, 6.45) is 3.26. The van der Waals surface area contributed by atoms with Gasteiger partial charge in [0.2, 0.25) is 0 Å². The molecule has 0 radical (unpaired) electrons. The van der Waals surface area contributed by atoms with Crippen LogP contribution in [-0.2, 0) is 0 Å². The minimum absolute atomic E-state index is 0.398. The molecule has 0 aliphatic rings. The smallest absolute Gasteiger partial charge is 0.0914 e. The Morgan fingerprint density at radius 1 is 1.25 bits per heavy atom. The SMILES string of the molecule is CCCCC(C)NCC(O)c1ccccc1. The maximum absolute atomic E-state index is 9.93. The summed E-state index contributed by atoms with van der Waals surface area (Å²) in [6.45, 7) is 5.01. The molecule has 0 saturated heterocycles. The van der Waals surface area contributed by atoms with Gasteiger partial charge in [0.05, 0.1) is 6.10 Å². The molecule has 0 spiro atoms. The number of hydrogen-bond acceptors (Lipinski definition) is 2. The Morgan fingerprint density at radius 3 is 2.56 bits per heavy atom. The molecule has 0 amide bonds. The zero-order valence-corrected chi connectivity index (χ0v) is 10.3. The standard InChI is InChI=1S/C14H23NO/c1-3-4-8-12(2)15-11-14(16)13-9-6-5-7-10-13/h5-7,9-10,12,14-16H,3-4,8,11H2,1-2H3. The van der Waals surface area contributed by atoms with Crippen LogP contribution < -0.4 is 5.32 Å². The van der Waals surface area contributed by atoms with E-state index in [2.05, 4.69) is 19.2 Å². The lowest BCUT2D eigenvalue weighted by Gasteiger charge is -2.17. The second kappa shape index (κ2) is 7.42. The van der Waals surface area contributed by atoms with Crippen molar-refractivity contribution in [3.8, 4) is 0 Å². The second-order valence-electron chi connectivity index (χ2n) is 4.38. The summed E-state index contributed by atoms with van der Waals surface area (Å²) in [7, 11) is 0. The Balaban J connectivity index is 2.27. The summed E-state index contributed by atoms with van der Waals surface area (Å²) in [5, 5.41) is 13.3. The normalized spacial score (nSPS) is 14.7. The van der Waals surface area contributed by atoms with Crippen molar-refractivity contribution in [3.63, 3.8) is 0 Å². The van der Waals surface area contributed by atoms with Gasteiger partial charge in [-0.1, -0.05) is 50.1 Å². The van der Waals surface area contributed by atoms with Gasteiger partial charge in [-0.2, -0.15) is 0 Å². The molecule has 2 unspecified atom stereocenters. The van der Waals surface area contributed by atoms with Gasteiger partial charge < -0.3 is 10.4 Å². The van der Waals surface area contributed by atoms with E-state index in [1.165, 1.54) is 19.3 Å². The average molecular weight is 221 g/mol. The molecule has 16 heavy (non-hydrogen) atoms. The van der Waals surface area contributed by atoms with E-state index in [9.17, 15) is 5.11 Å². The Hall–Kier alpha value is -0.860. The van der Waals surface area contributed by atoms with E-state index in [1.54, 1.807) is 0 Å². The Morgan fingerprint density at radius 2 is 1.94 bits per heavy atom. The molecule has 1 aromatic rings. The van der Waals surface area contributed by atoms with E-state index in [1.807, 2.05) is 30.3 Å². The summed E-state index contributed by atoms with van der Waals surface area (Å²) in [4.78, 5) is 0. The van der Waals surface area contributed by atoms with Gasteiger partial charge in [0.25, 0.3) is 0 Å². The number of benzene rings is 1. The molecule has 1 rings (SSSR count). The third-order valence-electron chi connectivity index (χ3n) is 2.83. The number of aliphatic hydroxyl groups is 1. The van der Waals surface area contributed by atoms with Crippen LogP contribution in [0.5, 0.6) is 0 Å². The Labute approximate surface area is 98.7 Å². The summed E-state index contributed by atoms with van der Waals surface area (Å²) in [5.74, 6) is 0. The van der Waals surface area contributed by atoms with Gasteiger partial charge >= 0.3 is 0 Å². The van der Waals surface area contributed by atoms with Gasteiger partial charge in [0, 0.05) is 12.6 Å². The minimum atomic E-state index is -0.398. The predicted octanol–water partition coefficient (Wildman–Crippen LogP) is 2.89. The highest BCUT2D eigenvalue weighted by Gasteiger charge is 2.08. The molecule has 1 aromatic carbocycles. The van der Waals surface area contributed by atoms with E-state index in [0.717, 1.165) is 5.56 Å². The molecule has 2 atom stereocenters. The van der Waals surface area contributed by atoms with Gasteiger partial charge in [-0.05, 0) is 18.9 Å². The molecule has 90 valence electrons. The zero-order valence-electron chi connectivity index (χ0n) is 10.3. The monoisotopic (exact) mass is 221 g/mol. The van der Waals surface area contributed by atoms with Crippen LogP contribution in [0, 0.1) is 0 Å². The van der Waals surface area contributed by atoms with E-state index >= 15 is 0 Å².